The average molecular weight is 485 g/mol. The van der Waals surface area contributed by atoms with E-state index in [9.17, 15) is 15.3 Å². The molecule has 0 saturated heterocycles. The number of rotatable bonds is 5. The van der Waals surface area contributed by atoms with E-state index in [1.807, 2.05) is 26.0 Å². The van der Waals surface area contributed by atoms with Crippen molar-refractivity contribution in [2.75, 3.05) is 0 Å². The normalized spacial score (nSPS) is 17.5. The lowest BCUT2D eigenvalue weighted by atomic mass is 9.77. The van der Waals surface area contributed by atoms with Crippen molar-refractivity contribution in [3.63, 3.8) is 0 Å². The molecule has 2 aliphatic carbocycles. The fourth-order valence-corrected chi connectivity index (χ4v) is 6.74. The minimum Gasteiger partial charge on any atom is -0.508 e. The van der Waals surface area contributed by atoms with Crippen LogP contribution in [0.5, 0.6) is 17.2 Å². The van der Waals surface area contributed by atoms with Crippen LogP contribution in [0.2, 0.25) is 0 Å². The van der Waals surface area contributed by atoms with E-state index >= 15 is 0 Å². The number of aromatic hydroxyl groups is 3. The highest BCUT2D eigenvalue weighted by atomic mass is 16.3. The highest BCUT2D eigenvalue weighted by Gasteiger charge is 2.27. The zero-order chi connectivity index (χ0) is 25.2. The quantitative estimate of drug-likeness (QED) is 0.317. The average Bonchev–Trinajstić information content (AvgIpc) is 2.89. The summed E-state index contributed by atoms with van der Waals surface area (Å²) in [5.74, 6) is 1.81. The maximum atomic E-state index is 11.1. The maximum absolute atomic E-state index is 11.1. The third-order valence-electron chi connectivity index (χ3n) is 8.66. The number of hydrogen-bond acceptors (Lipinski definition) is 3. The van der Waals surface area contributed by atoms with E-state index in [4.69, 9.17) is 0 Å². The highest BCUT2D eigenvalue weighted by molar-refractivity contribution is 5.55. The molecule has 5 rings (SSSR count). The van der Waals surface area contributed by atoms with Crippen LogP contribution in [0.4, 0.5) is 0 Å². The van der Waals surface area contributed by atoms with Gasteiger partial charge in [0.1, 0.15) is 17.2 Å². The van der Waals surface area contributed by atoms with Gasteiger partial charge in [-0.1, -0.05) is 74.9 Å². The fraction of sp³-hybridized carbons (Fsp3) is 0.455. The molecule has 3 N–H and O–H groups in total. The number of benzene rings is 3. The maximum Gasteiger partial charge on any atom is 0.121 e. The third-order valence-corrected chi connectivity index (χ3v) is 8.66. The van der Waals surface area contributed by atoms with Gasteiger partial charge in [0.2, 0.25) is 0 Å². The van der Waals surface area contributed by atoms with Gasteiger partial charge >= 0.3 is 0 Å². The molecule has 2 fully saturated rings. The van der Waals surface area contributed by atoms with Crippen LogP contribution < -0.4 is 0 Å². The van der Waals surface area contributed by atoms with Crippen molar-refractivity contribution in [3.05, 3.63) is 87.5 Å². The van der Waals surface area contributed by atoms with E-state index < -0.39 is 0 Å². The summed E-state index contributed by atoms with van der Waals surface area (Å²) in [7, 11) is 0. The van der Waals surface area contributed by atoms with Crippen molar-refractivity contribution >= 4 is 0 Å². The molecule has 3 aromatic carbocycles. The molecule has 2 saturated carbocycles. The lowest BCUT2D eigenvalue weighted by molar-refractivity contribution is 0.411. The van der Waals surface area contributed by atoms with E-state index in [2.05, 4.69) is 30.3 Å². The first-order valence-corrected chi connectivity index (χ1v) is 13.9. The Bertz CT molecular complexity index is 1140. The summed E-state index contributed by atoms with van der Waals surface area (Å²) in [6, 6.07) is 16.2. The van der Waals surface area contributed by atoms with Crippen molar-refractivity contribution in [2.24, 2.45) is 0 Å². The van der Waals surface area contributed by atoms with Crippen LogP contribution in [-0.2, 0) is 0 Å². The molecule has 0 atom stereocenters. The molecule has 0 aliphatic heterocycles. The monoisotopic (exact) mass is 484 g/mol. The third kappa shape index (κ3) is 4.98. The summed E-state index contributed by atoms with van der Waals surface area (Å²) >= 11 is 0. The van der Waals surface area contributed by atoms with E-state index in [1.165, 1.54) is 38.5 Å². The second-order valence-corrected chi connectivity index (χ2v) is 11.2. The zero-order valence-electron chi connectivity index (χ0n) is 21.8. The van der Waals surface area contributed by atoms with Crippen LogP contribution in [0.15, 0.2) is 48.5 Å². The van der Waals surface area contributed by atoms with Crippen molar-refractivity contribution in [3.8, 4) is 17.2 Å². The Morgan fingerprint density at radius 2 is 1.06 bits per heavy atom. The van der Waals surface area contributed by atoms with Crippen LogP contribution >= 0.6 is 0 Å². The van der Waals surface area contributed by atoms with Crippen molar-refractivity contribution in [1.82, 2.24) is 0 Å². The summed E-state index contributed by atoms with van der Waals surface area (Å²) in [6.45, 7) is 4.00. The first-order chi connectivity index (χ1) is 17.4. The van der Waals surface area contributed by atoms with Gasteiger partial charge in [0.15, 0.2) is 0 Å². The SMILES string of the molecule is Cc1cc(C(c2cccc(O)c2)c2cc(C)c(O)c(C3CCCCC3)c2)cc(C2CCCCC2)c1O. The first-order valence-electron chi connectivity index (χ1n) is 13.9. The summed E-state index contributed by atoms with van der Waals surface area (Å²) in [5, 5.41) is 32.5. The van der Waals surface area contributed by atoms with Gasteiger partial charge in [-0.3, -0.25) is 0 Å². The molecule has 0 unspecified atom stereocenters. The molecule has 0 aromatic heterocycles. The Kier molecular flexibility index (Phi) is 7.27. The Balaban J connectivity index is 1.67. The Morgan fingerprint density at radius 3 is 1.50 bits per heavy atom. The van der Waals surface area contributed by atoms with E-state index in [1.54, 1.807) is 6.07 Å². The molecule has 0 radical (unpaired) electrons. The Morgan fingerprint density at radius 1 is 0.583 bits per heavy atom. The molecule has 3 nitrogen and oxygen atoms in total. The zero-order valence-corrected chi connectivity index (χ0v) is 21.8. The lowest BCUT2D eigenvalue weighted by Crippen LogP contribution is -2.11. The van der Waals surface area contributed by atoms with Crippen molar-refractivity contribution in [2.45, 2.75) is 95.8 Å². The molecule has 36 heavy (non-hydrogen) atoms. The topological polar surface area (TPSA) is 60.7 Å². The van der Waals surface area contributed by atoms with Gasteiger partial charge in [0.25, 0.3) is 0 Å². The number of aryl methyl sites for hydroxylation is 2. The van der Waals surface area contributed by atoms with E-state index in [0.717, 1.165) is 64.6 Å². The Hall–Kier alpha value is -2.94. The predicted octanol–water partition coefficient (Wildman–Crippen LogP) is 8.70. The molecule has 3 heteroatoms. The van der Waals surface area contributed by atoms with Gasteiger partial charge in [-0.2, -0.15) is 0 Å². The van der Waals surface area contributed by atoms with Gasteiger partial charge in [0, 0.05) is 5.92 Å². The fourth-order valence-electron chi connectivity index (χ4n) is 6.74. The van der Waals surface area contributed by atoms with Crippen LogP contribution in [0.3, 0.4) is 0 Å². The molecular weight excluding hydrogens is 444 g/mol. The van der Waals surface area contributed by atoms with Gasteiger partial charge in [-0.25, -0.2) is 0 Å². The van der Waals surface area contributed by atoms with Gasteiger partial charge in [-0.05, 0) is 102 Å². The van der Waals surface area contributed by atoms with Gasteiger partial charge in [-0.15, -0.1) is 0 Å². The van der Waals surface area contributed by atoms with E-state index in [-0.39, 0.29) is 11.7 Å². The summed E-state index contributed by atoms with van der Waals surface area (Å²) in [6.07, 6.45) is 11.9. The summed E-state index contributed by atoms with van der Waals surface area (Å²) in [4.78, 5) is 0. The standard InChI is InChI=1S/C33H40O3/c1-21-16-26(19-29(32(21)35)23-10-5-3-6-11-23)31(25-14-9-15-28(34)18-25)27-17-22(2)33(36)30(20-27)24-12-7-4-8-13-24/h9,14-20,23-24,31,34-36H,3-8,10-13H2,1-2H3. The molecule has 0 spiro atoms. The van der Waals surface area contributed by atoms with Gasteiger partial charge < -0.3 is 15.3 Å². The predicted molar refractivity (Wildman–Crippen MR) is 146 cm³/mol. The van der Waals surface area contributed by atoms with Crippen LogP contribution in [0.25, 0.3) is 0 Å². The minimum absolute atomic E-state index is 0.0969. The van der Waals surface area contributed by atoms with Crippen molar-refractivity contribution < 1.29 is 15.3 Å². The lowest BCUT2D eigenvalue weighted by Gasteiger charge is -2.28. The van der Waals surface area contributed by atoms with Crippen LogP contribution in [0.1, 0.15) is 121 Å². The number of phenols is 3. The molecule has 2 aliphatic rings. The number of hydrogen-bond donors (Lipinski definition) is 3. The molecule has 3 aromatic rings. The smallest absolute Gasteiger partial charge is 0.121 e. The second-order valence-electron chi connectivity index (χ2n) is 11.2. The molecule has 0 amide bonds. The van der Waals surface area contributed by atoms with Gasteiger partial charge in [0.05, 0.1) is 0 Å². The Labute approximate surface area is 215 Å². The summed E-state index contributed by atoms with van der Waals surface area (Å²) < 4.78 is 0. The number of phenolic OH excluding ortho intramolecular Hbond substituents is 3. The van der Waals surface area contributed by atoms with Crippen LogP contribution in [-0.4, -0.2) is 15.3 Å². The molecular formula is C33H40O3. The molecule has 0 heterocycles. The largest absolute Gasteiger partial charge is 0.508 e. The summed E-state index contributed by atoms with van der Waals surface area (Å²) in [5.41, 5.74) is 7.24. The van der Waals surface area contributed by atoms with Crippen LogP contribution in [0, 0.1) is 13.8 Å². The second kappa shape index (κ2) is 10.6. The van der Waals surface area contributed by atoms with E-state index in [0.29, 0.717) is 23.3 Å². The molecule has 190 valence electrons. The first kappa shape index (κ1) is 24.7. The highest BCUT2D eigenvalue weighted by Crippen LogP contribution is 2.45. The minimum atomic E-state index is -0.0969. The van der Waals surface area contributed by atoms with Crippen molar-refractivity contribution in [1.29, 1.82) is 0 Å². The molecule has 0 bridgehead atoms.